The summed E-state index contributed by atoms with van der Waals surface area (Å²) < 4.78 is 5.48. The van der Waals surface area contributed by atoms with Gasteiger partial charge in [0.2, 0.25) is 5.88 Å². The molecule has 0 amide bonds. The van der Waals surface area contributed by atoms with Crippen molar-refractivity contribution >= 4 is 17.6 Å². The second kappa shape index (κ2) is 5.59. The monoisotopic (exact) mass is 288 g/mol. The Morgan fingerprint density at radius 2 is 2.15 bits per heavy atom. The molecule has 0 fully saturated rings. The maximum atomic E-state index is 10.8. The molecular weight excluding hydrogens is 280 g/mol. The van der Waals surface area contributed by atoms with Gasteiger partial charge in [0, 0.05) is 11.8 Å². The molecule has 2 aromatic rings. The van der Waals surface area contributed by atoms with E-state index >= 15 is 0 Å². The van der Waals surface area contributed by atoms with Gasteiger partial charge < -0.3 is 9.84 Å². The van der Waals surface area contributed by atoms with Gasteiger partial charge in [0.15, 0.2) is 0 Å². The molecular formula is C14H9ClN2O3. The van der Waals surface area contributed by atoms with Gasteiger partial charge in [-0.15, -0.1) is 0 Å². The van der Waals surface area contributed by atoms with Crippen LogP contribution in [0, 0.1) is 18.3 Å². The van der Waals surface area contributed by atoms with Gasteiger partial charge in [0.05, 0.1) is 22.2 Å². The first-order valence-corrected chi connectivity index (χ1v) is 5.97. The number of hydrogen-bond acceptors (Lipinski definition) is 4. The summed E-state index contributed by atoms with van der Waals surface area (Å²) in [6, 6.07) is 9.23. The summed E-state index contributed by atoms with van der Waals surface area (Å²) in [6.07, 6.45) is 0. The van der Waals surface area contributed by atoms with Gasteiger partial charge in [-0.05, 0) is 31.2 Å². The average Bonchev–Trinajstić information content (AvgIpc) is 2.40. The minimum Gasteiger partial charge on any atom is -0.478 e. The van der Waals surface area contributed by atoms with E-state index in [4.69, 9.17) is 26.7 Å². The number of halogens is 1. The molecule has 100 valence electrons. The molecule has 20 heavy (non-hydrogen) atoms. The molecule has 5 nitrogen and oxygen atoms in total. The minimum absolute atomic E-state index is 0.0669. The fourth-order valence-electron chi connectivity index (χ4n) is 1.58. The van der Waals surface area contributed by atoms with Gasteiger partial charge in [-0.25, -0.2) is 9.78 Å². The van der Waals surface area contributed by atoms with Crippen LogP contribution in [0.15, 0.2) is 30.3 Å². The number of aryl methyl sites for hydroxylation is 1. The third-order valence-electron chi connectivity index (χ3n) is 2.45. The van der Waals surface area contributed by atoms with Crippen LogP contribution in [0.25, 0.3) is 0 Å². The number of hydrogen-bond donors (Lipinski definition) is 1. The van der Waals surface area contributed by atoms with Gasteiger partial charge in [-0.3, -0.25) is 0 Å². The highest BCUT2D eigenvalue weighted by molar-refractivity contribution is 6.32. The van der Waals surface area contributed by atoms with E-state index in [0.29, 0.717) is 11.3 Å². The first-order valence-electron chi connectivity index (χ1n) is 5.59. The lowest BCUT2D eigenvalue weighted by atomic mass is 10.2. The fourth-order valence-corrected chi connectivity index (χ4v) is 1.80. The zero-order valence-electron chi connectivity index (χ0n) is 10.4. The van der Waals surface area contributed by atoms with Crippen LogP contribution in [0.1, 0.15) is 21.6 Å². The number of carboxylic acids is 1. The Balaban J connectivity index is 2.33. The third-order valence-corrected chi connectivity index (χ3v) is 2.75. The van der Waals surface area contributed by atoms with Crippen molar-refractivity contribution in [2.45, 2.75) is 6.92 Å². The van der Waals surface area contributed by atoms with E-state index in [2.05, 4.69) is 4.98 Å². The molecule has 0 unspecified atom stereocenters. The maximum Gasteiger partial charge on any atom is 0.335 e. The van der Waals surface area contributed by atoms with Crippen LogP contribution in [0.5, 0.6) is 11.6 Å². The summed E-state index contributed by atoms with van der Waals surface area (Å²) >= 11 is 5.96. The third kappa shape index (κ3) is 3.05. The number of nitriles is 1. The molecule has 1 heterocycles. The molecule has 1 N–H and O–H groups in total. The molecule has 6 heteroatoms. The Hall–Kier alpha value is -2.58. The SMILES string of the molecule is Cc1cc(C#N)cc(Oc2ccc(C(=O)O)cc2Cl)n1. The van der Waals surface area contributed by atoms with Gasteiger partial charge in [-0.1, -0.05) is 11.6 Å². The molecule has 0 aliphatic heterocycles. The standard InChI is InChI=1S/C14H9ClN2O3/c1-8-4-9(7-16)5-13(17-8)20-12-3-2-10(14(18)19)6-11(12)15/h2-6H,1H3,(H,18,19). The predicted octanol–water partition coefficient (Wildman–Crippen LogP) is 3.41. The van der Waals surface area contributed by atoms with E-state index in [1.54, 1.807) is 13.0 Å². The molecule has 0 aliphatic rings. The normalized spacial score (nSPS) is 9.85. The van der Waals surface area contributed by atoms with Gasteiger partial charge in [0.1, 0.15) is 5.75 Å². The molecule has 1 aromatic carbocycles. The van der Waals surface area contributed by atoms with Crippen molar-refractivity contribution in [2.75, 3.05) is 0 Å². The number of benzene rings is 1. The zero-order chi connectivity index (χ0) is 14.7. The zero-order valence-corrected chi connectivity index (χ0v) is 11.2. The summed E-state index contributed by atoms with van der Waals surface area (Å²) in [4.78, 5) is 14.9. The predicted molar refractivity (Wildman–Crippen MR) is 72.2 cm³/mol. The highest BCUT2D eigenvalue weighted by Crippen LogP contribution is 2.29. The fraction of sp³-hybridized carbons (Fsp3) is 0.0714. The second-order valence-corrected chi connectivity index (χ2v) is 4.41. The van der Waals surface area contributed by atoms with E-state index in [1.165, 1.54) is 24.3 Å². The second-order valence-electron chi connectivity index (χ2n) is 4.00. The summed E-state index contributed by atoms with van der Waals surface area (Å²) in [5.74, 6) is -0.566. The van der Waals surface area contributed by atoms with Crippen molar-refractivity contribution in [2.24, 2.45) is 0 Å². The highest BCUT2D eigenvalue weighted by Gasteiger charge is 2.10. The number of pyridine rings is 1. The van der Waals surface area contributed by atoms with Crippen molar-refractivity contribution in [3.63, 3.8) is 0 Å². The van der Waals surface area contributed by atoms with E-state index in [1.807, 2.05) is 6.07 Å². The van der Waals surface area contributed by atoms with Crippen molar-refractivity contribution in [1.29, 1.82) is 5.26 Å². The first-order chi connectivity index (χ1) is 9.49. The number of aromatic nitrogens is 1. The summed E-state index contributed by atoms with van der Waals surface area (Å²) in [6.45, 7) is 1.74. The Kier molecular flexibility index (Phi) is 3.87. The Labute approximate surface area is 120 Å². The molecule has 0 atom stereocenters. The summed E-state index contributed by atoms with van der Waals surface area (Å²) in [5, 5.41) is 17.9. The molecule has 0 radical (unpaired) electrons. The van der Waals surface area contributed by atoms with E-state index in [0.717, 1.165) is 0 Å². The average molecular weight is 289 g/mol. The number of aromatic carboxylic acids is 1. The molecule has 0 spiro atoms. The minimum atomic E-state index is -1.07. The van der Waals surface area contributed by atoms with Crippen LogP contribution in [-0.2, 0) is 0 Å². The van der Waals surface area contributed by atoms with Crippen molar-refractivity contribution in [3.05, 3.63) is 52.2 Å². The Morgan fingerprint density at radius 3 is 2.75 bits per heavy atom. The van der Waals surface area contributed by atoms with Crippen LogP contribution in [0.3, 0.4) is 0 Å². The van der Waals surface area contributed by atoms with Crippen molar-refractivity contribution < 1.29 is 14.6 Å². The van der Waals surface area contributed by atoms with Crippen LogP contribution >= 0.6 is 11.6 Å². The quantitative estimate of drug-likeness (QED) is 0.935. The lowest BCUT2D eigenvalue weighted by Crippen LogP contribution is -1.97. The number of nitrogens with zero attached hydrogens (tertiary/aromatic N) is 2. The number of carboxylic acid groups (broad SMARTS) is 1. The number of carbonyl (C=O) groups is 1. The smallest absolute Gasteiger partial charge is 0.335 e. The van der Waals surface area contributed by atoms with E-state index in [-0.39, 0.29) is 22.2 Å². The lowest BCUT2D eigenvalue weighted by Gasteiger charge is -2.08. The van der Waals surface area contributed by atoms with E-state index < -0.39 is 5.97 Å². The van der Waals surface area contributed by atoms with E-state index in [9.17, 15) is 4.79 Å². The van der Waals surface area contributed by atoms with Crippen LogP contribution in [0.4, 0.5) is 0 Å². The molecule has 0 saturated carbocycles. The Morgan fingerprint density at radius 1 is 1.40 bits per heavy atom. The van der Waals surface area contributed by atoms with Gasteiger partial charge in [0.25, 0.3) is 0 Å². The molecule has 1 aromatic heterocycles. The van der Waals surface area contributed by atoms with Gasteiger partial charge >= 0.3 is 5.97 Å². The summed E-state index contributed by atoms with van der Waals surface area (Å²) in [5.41, 5.74) is 1.13. The number of rotatable bonds is 3. The topological polar surface area (TPSA) is 83.2 Å². The molecule has 0 bridgehead atoms. The van der Waals surface area contributed by atoms with Gasteiger partial charge in [-0.2, -0.15) is 5.26 Å². The molecule has 0 saturated heterocycles. The van der Waals surface area contributed by atoms with Crippen LogP contribution < -0.4 is 4.74 Å². The number of ether oxygens (including phenoxy) is 1. The summed E-state index contributed by atoms with van der Waals surface area (Å²) in [7, 11) is 0. The molecule has 2 rings (SSSR count). The van der Waals surface area contributed by atoms with Crippen molar-refractivity contribution in [1.82, 2.24) is 4.98 Å². The highest BCUT2D eigenvalue weighted by atomic mass is 35.5. The molecule has 0 aliphatic carbocycles. The first kappa shape index (κ1) is 13.8. The largest absolute Gasteiger partial charge is 0.478 e. The Bertz CT molecular complexity index is 723. The van der Waals surface area contributed by atoms with Crippen LogP contribution in [-0.4, -0.2) is 16.1 Å². The van der Waals surface area contributed by atoms with Crippen molar-refractivity contribution in [3.8, 4) is 17.7 Å². The lowest BCUT2D eigenvalue weighted by molar-refractivity contribution is 0.0697. The van der Waals surface area contributed by atoms with Crippen LogP contribution in [0.2, 0.25) is 5.02 Å². The maximum absolute atomic E-state index is 10.8.